The largest absolute Gasteiger partial charge is 0.447 e. The lowest BCUT2D eigenvalue weighted by molar-refractivity contribution is 0.401. The second-order valence-electron chi connectivity index (χ2n) is 4.51. The van der Waals surface area contributed by atoms with Gasteiger partial charge in [0.15, 0.2) is 0 Å². The molecule has 2 aromatic heterocycles. The van der Waals surface area contributed by atoms with Crippen molar-refractivity contribution in [3.05, 3.63) is 48.0 Å². The maximum atomic E-state index is 12.1. The van der Waals surface area contributed by atoms with E-state index in [1.165, 1.54) is 6.07 Å². The minimum absolute atomic E-state index is 0.0541. The molecule has 0 fully saturated rings. The highest BCUT2D eigenvalue weighted by Crippen LogP contribution is 2.13. The first-order valence-electron chi connectivity index (χ1n) is 6.80. The molecule has 2 heterocycles. The predicted molar refractivity (Wildman–Crippen MR) is 79.2 cm³/mol. The zero-order valence-electron chi connectivity index (χ0n) is 11.9. The van der Waals surface area contributed by atoms with Gasteiger partial charge in [0.2, 0.25) is 5.09 Å². The van der Waals surface area contributed by atoms with E-state index in [0.717, 1.165) is 12.1 Å². The van der Waals surface area contributed by atoms with Gasteiger partial charge in [-0.25, -0.2) is 13.1 Å². The van der Waals surface area contributed by atoms with Crippen LogP contribution in [0.2, 0.25) is 0 Å². The molecule has 2 rings (SSSR count). The molecule has 0 radical (unpaired) electrons. The van der Waals surface area contributed by atoms with Gasteiger partial charge < -0.3 is 9.73 Å². The van der Waals surface area contributed by atoms with Gasteiger partial charge in [-0.1, -0.05) is 13.0 Å². The summed E-state index contributed by atoms with van der Waals surface area (Å²) in [7, 11) is -3.60. The fourth-order valence-corrected chi connectivity index (χ4v) is 2.77. The third-order valence-corrected chi connectivity index (χ3v) is 4.21. The van der Waals surface area contributed by atoms with Crippen LogP contribution in [-0.2, 0) is 23.0 Å². The summed E-state index contributed by atoms with van der Waals surface area (Å²) < 4.78 is 32.0. The monoisotopic (exact) mass is 309 g/mol. The highest BCUT2D eigenvalue weighted by molar-refractivity contribution is 7.89. The summed E-state index contributed by atoms with van der Waals surface area (Å²) in [6.45, 7) is 3.59. The lowest BCUT2D eigenvalue weighted by Crippen LogP contribution is -2.25. The first kappa shape index (κ1) is 15.7. The molecule has 0 amide bonds. The molecule has 0 atom stereocenters. The van der Waals surface area contributed by atoms with E-state index in [1.807, 2.05) is 19.1 Å². The van der Waals surface area contributed by atoms with E-state index < -0.39 is 10.0 Å². The molecule has 0 saturated carbocycles. The van der Waals surface area contributed by atoms with Crippen LogP contribution in [0.25, 0.3) is 0 Å². The second-order valence-corrected chi connectivity index (χ2v) is 6.21. The van der Waals surface area contributed by atoms with Crippen LogP contribution in [0, 0.1) is 0 Å². The van der Waals surface area contributed by atoms with Crippen molar-refractivity contribution in [3.8, 4) is 0 Å². The summed E-state index contributed by atoms with van der Waals surface area (Å²) in [5.74, 6) is 0.601. The Labute approximate surface area is 124 Å². The Bertz CT molecular complexity index is 653. The molecule has 2 aromatic rings. The molecule has 7 heteroatoms. The standard InChI is InChI=1S/C14H19N3O3S/c1-2-15-11-13-5-6-14(20-13)21(18,19)17-9-7-12-4-3-8-16-10-12/h3-6,8,10,15,17H,2,7,9,11H2,1H3. The normalized spacial score (nSPS) is 11.7. The van der Waals surface area contributed by atoms with Crippen LogP contribution in [0.5, 0.6) is 0 Å². The van der Waals surface area contributed by atoms with Gasteiger partial charge in [0.1, 0.15) is 5.76 Å². The fourth-order valence-electron chi connectivity index (χ4n) is 1.79. The average molecular weight is 309 g/mol. The molecule has 21 heavy (non-hydrogen) atoms. The van der Waals surface area contributed by atoms with Crippen molar-refractivity contribution in [2.75, 3.05) is 13.1 Å². The molecular weight excluding hydrogens is 290 g/mol. The van der Waals surface area contributed by atoms with Crippen molar-refractivity contribution >= 4 is 10.0 Å². The number of aromatic nitrogens is 1. The van der Waals surface area contributed by atoms with Crippen LogP contribution >= 0.6 is 0 Å². The summed E-state index contributed by atoms with van der Waals surface area (Å²) in [4.78, 5) is 3.99. The number of pyridine rings is 1. The Hall–Kier alpha value is -1.70. The summed E-state index contributed by atoms with van der Waals surface area (Å²) in [5.41, 5.74) is 0.979. The van der Waals surface area contributed by atoms with Crippen LogP contribution in [0.3, 0.4) is 0 Å². The van der Waals surface area contributed by atoms with Crippen molar-refractivity contribution < 1.29 is 12.8 Å². The highest BCUT2D eigenvalue weighted by Gasteiger charge is 2.18. The van der Waals surface area contributed by atoms with Crippen LogP contribution in [0.4, 0.5) is 0 Å². The van der Waals surface area contributed by atoms with E-state index in [2.05, 4.69) is 15.0 Å². The van der Waals surface area contributed by atoms with E-state index in [1.54, 1.807) is 18.5 Å². The number of sulfonamides is 1. The molecule has 0 aromatic carbocycles. The summed E-state index contributed by atoms with van der Waals surface area (Å²) in [5, 5.41) is 3.02. The lowest BCUT2D eigenvalue weighted by atomic mass is 10.2. The van der Waals surface area contributed by atoms with Crippen LogP contribution in [0.15, 0.2) is 46.2 Å². The number of nitrogens with one attached hydrogen (secondary N) is 2. The van der Waals surface area contributed by atoms with Gasteiger partial charge >= 0.3 is 0 Å². The topological polar surface area (TPSA) is 84.2 Å². The Balaban J connectivity index is 1.90. The average Bonchev–Trinajstić information content (AvgIpc) is 2.96. The van der Waals surface area contributed by atoms with Gasteiger partial charge in [0.05, 0.1) is 6.54 Å². The number of nitrogens with zero attached hydrogens (tertiary/aromatic N) is 1. The van der Waals surface area contributed by atoms with Crippen molar-refractivity contribution in [1.82, 2.24) is 15.0 Å². The molecule has 2 N–H and O–H groups in total. The molecule has 0 aliphatic rings. The second kappa shape index (κ2) is 7.35. The van der Waals surface area contributed by atoms with Crippen molar-refractivity contribution in [2.45, 2.75) is 25.0 Å². The van der Waals surface area contributed by atoms with E-state index >= 15 is 0 Å². The summed E-state index contributed by atoms with van der Waals surface area (Å²) in [6, 6.07) is 6.86. The van der Waals surface area contributed by atoms with E-state index in [4.69, 9.17) is 4.42 Å². The van der Waals surface area contributed by atoms with Gasteiger partial charge in [0.25, 0.3) is 10.0 Å². The Morgan fingerprint density at radius 2 is 2.14 bits per heavy atom. The Morgan fingerprint density at radius 1 is 1.29 bits per heavy atom. The molecule has 114 valence electrons. The van der Waals surface area contributed by atoms with E-state index in [9.17, 15) is 8.42 Å². The molecule has 0 saturated heterocycles. The number of hydrogen-bond acceptors (Lipinski definition) is 5. The van der Waals surface area contributed by atoms with Gasteiger partial charge in [0, 0.05) is 18.9 Å². The van der Waals surface area contributed by atoms with Gasteiger partial charge in [-0.3, -0.25) is 4.98 Å². The van der Waals surface area contributed by atoms with Crippen LogP contribution < -0.4 is 10.0 Å². The van der Waals surface area contributed by atoms with Crippen molar-refractivity contribution in [1.29, 1.82) is 0 Å². The van der Waals surface area contributed by atoms with Gasteiger partial charge in [-0.2, -0.15) is 0 Å². The zero-order chi connectivity index (χ0) is 15.1. The first-order chi connectivity index (χ1) is 10.1. The minimum atomic E-state index is -3.60. The smallest absolute Gasteiger partial charge is 0.273 e. The van der Waals surface area contributed by atoms with E-state index in [-0.39, 0.29) is 5.09 Å². The van der Waals surface area contributed by atoms with Crippen molar-refractivity contribution in [3.63, 3.8) is 0 Å². The van der Waals surface area contributed by atoms with Crippen molar-refractivity contribution in [2.24, 2.45) is 0 Å². The van der Waals surface area contributed by atoms with E-state index in [0.29, 0.717) is 25.3 Å². The highest BCUT2D eigenvalue weighted by atomic mass is 32.2. The Morgan fingerprint density at radius 3 is 2.86 bits per heavy atom. The summed E-state index contributed by atoms with van der Waals surface area (Å²) >= 11 is 0. The molecule has 0 aliphatic heterocycles. The molecule has 0 bridgehead atoms. The fraction of sp³-hybridized carbons (Fsp3) is 0.357. The first-order valence-corrected chi connectivity index (χ1v) is 8.28. The molecule has 6 nitrogen and oxygen atoms in total. The van der Waals surface area contributed by atoms with Crippen LogP contribution in [0.1, 0.15) is 18.2 Å². The molecule has 0 aliphatic carbocycles. The maximum Gasteiger partial charge on any atom is 0.273 e. The molecule has 0 unspecified atom stereocenters. The van der Waals surface area contributed by atoms with Crippen LogP contribution in [-0.4, -0.2) is 26.5 Å². The third-order valence-electron chi connectivity index (χ3n) is 2.88. The lowest BCUT2D eigenvalue weighted by Gasteiger charge is -2.04. The predicted octanol–water partition coefficient (Wildman–Crippen LogP) is 1.31. The number of furan rings is 1. The van der Waals surface area contributed by atoms with Gasteiger partial charge in [-0.15, -0.1) is 0 Å². The number of hydrogen-bond donors (Lipinski definition) is 2. The molecular formula is C14H19N3O3S. The Kier molecular flexibility index (Phi) is 5.49. The number of rotatable bonds is 8. The third kappa shape index (κ3) is 4.66. The molecule has 0 spiro atoms. The van der Waals surface area contributed by atoms with Gasteiger partial charge in [-0.05, 0) is 36.7 Å². The quantitative estimate of drug-likeness (QED) is 0.768. The zero-order valence-corrected chi connectivity index (χ0v) is 12.7. The SMILES string of the molecule is CCNCc1ccc(S(=O)(=O)NCCc2cccnc2)o1. The maximum absolute atomic E-state index is 12.1. The minimum Gasteiger partial charge on any atom is -0.447 e. The summed E-state index contributed by atoms with van der Waals surface area (Å²) in [6.07, 6.45) is 3.98.